The first-order valence-corrected chi connectivity index (χ1v) is 10.4. The Bertz CT molecular complexity index is 990. The number of piperidine rings is 1. The fourth-order valence-corrected chi connectivity index (χ4v) is 3.92. The van der Waals surface area contributed by atoms with Gasteiger partial charge < -0.3 is 10.2 Å². The Balaban J connectivity index is 1.35. The number of nitrogens with one attached hydrogen (secondary N) is 2. The largest absolute Gasteiger partial charge is 0.384 e. The maximum atomic E-state index is 12.6. The molecular formula is C24H27N5O. The molecule has 1 fully saturated rings. The highest BCUT2D eigenvalue weighted by Gasteiger charge is 2.23. The standard InChI is InChI=1S/C24H27N5O/c1-25-15-21-13-20(22-16-27-28-17-22)7-8-23(21)26-14-18-9-11-29(12-10-18)24(30)19-5-3-2-4-6-19/h2-8,13,15-18,26H,9-12,14H2,1H3,(H,27,28)/b25-15-. The monoisotopic (exact) mass is 401 g/mol. The zero-order valence-electron chi connectivity index (χ0n) is 17.2. The molecule has 0 atom stereocenters. The molecule has 1 saturated heterocycles. The minimum absolute atomic E-state index is 0.137. The van der Waals surface area contributed by atoms with Crippen LogP contribution >= 0.6 is 0 Å². The van der Waals surface area contributed by atoms with Gasteiger partial charge in [0.15, 0.2) is 0 Å². The lowest BCUT2D eigenvalue weighted by molar-refractivity contribution is 0.0695. The molecule has 1 aromatic heterocycles. The summed E-state index contributed by atoms with van der Waals surface area (Å²) >= 11 is 0. The predicted octanol–water partition coefficient (Wildman–Crippen LogP) is 4.09. The lowest BCUT2D eigenvalue weighted by atomic mass is 9.95. The number of likely N-dealkylation sites (tertiary alicyclic amines) is 1. The number of nitrogens with zero attached hydrogens (tertiary/aromatic N) is 3. The predicted molar refractivity (Wildman–Crippen MR) is 121 cm³/mol. The van der Waals surface area contributed by atoms with Crippen molar-refractivity contribution in [3.63, 3.8) is 0 Å². The lowest BCUT2D eigenvalue weighted by Crippen LogP contribution is -2.39. The van der Waals surface area contributed by atoms with Crippen LogP contribution in [0.25, 0.3) is 11.1 Å². The summed E-state index contributed by atoms with van der Waals surface area (Å²) in [5, 5.41) is 10.5. The molecule has 2 N–H and O–H groups in total. The topological polar surface area (TPSA) is 73.4 Å². The van der Waals surface area contributed by atoms with Gasteiger partial charge in [-0.3, -0.25) is 14.9 Å². The van der Waals surface area contributed by atoms with Crippen molar-refractivity contribution in [3.8, 4) is 11.1 Å². The summed E-state index contributed by atoms with van der Waals surface area (Å²) in [6.07, 6.45) is 7.61. The van der Waals surface area contributed by atoms with Crippen molar-refractivity contribution in [1.82, 2.24) is 15.1 Å². The molecule has 6 nitrogen and oxygen atoms in total. The quantitative estimate of drug-likeness (QED) is 0.611. The summed E-state index contributed by atoms with van der Waals surface area (Å²) in [6, 6.07) is 15.9. The number of anilines is 1. The van der Waals surface area contributed by atoms with E-state index in [1.165, 1.54) is 0 Å². The number of hydrogen-bond acceptors (Lipinski definition) is 4. The van der Waals surface area contributed by atoms with Crippen LogP contribution < -0.4 is 5.32 Å². The van der Waals surface area contributed by atoms with E-state index < -0.39 is 0 Å². The van der Waals surface area contributed by atoms with Crippen LogP contribution in [0.3, 0.4) is 0 Å². The molecule has 0 spiro atoms. The Labute approximate surface area is 177 Å². The molecular weight excluding hydrogens is 374 g/mol. The highest BCUT2D eigenvalue weighted by molar-refractivity contribution is 5.94. The van der Waals surface area contributed by atoms with Gasteiger partial charge in [0.2, 0.25) is 0 Å². The molecule has 0 aliphatic carbocycles. The number of aromatic nitrogens is 2. The van der Waals surface area contributed by atoms with E-state index in [1.54, 1.807) is 7.05 Å². The number of benzene rings is 2. The van der Waals surface area contributed by atoms with Gasteiger partial charge in [-0.1, -0.05) is 24.3 Å². The van der Waals surface area contributed by atoms with Gasteiger partial charge in [0.1, 0.15) is 0 Å². The number of rotatable bonds is 6. The fourth-order valence-electron chi connectivity index (χ4n) is 3.92. The van der Waals surface area contributed by atoms with E-state index in [2.05, 4.69) is 38.7 Å². The Morgan fingerprint density at radius 1 is 1.20 bits per heavy atom. The van der Waals surface area contributed by atoms with Gasteiger partial charge in [0, 0.05) is 61.5 Å². The number of carbonyl (C=O) groups excluding carboxylic acids is 1. The maximum absolute atomic E-state index is 12.6. The van der Waals surface area contributed by atoms with Crippen LogP contribution in [-0.2, 0) is 0 Å². The smallest absolute Gasteiger partial charge is 0.253 e. The van der Waals surface area contributed by atoms with E-state index in [1.807, 2.05) is 53.8 Å². The van der Waals surface area contributed by atoms with Gasteiger partial charge in [0.05, 0.1) is 6.20 Å². The third-order valence-corrected chi connectivity index (χ3v) is 5.65. The molecule has 0 bridgehead atoms. The number of aliphatic imine (C=N–C) groups is 1. The van der Waals surface area contributed by atoms with Crippen LogP contribution in [-0.4, -0.2) is 53.9 Å². The second kappa shape index (κ2) is 9.39. The van der Waals surface area contributed by atoms with Crippen molar-refractivity contribution >= 4 is 17.8 Å². The van der Waals surface area contributed by atoms with Gasteiger partial charge in [-0.25, -0.2) is 0 Å². The molecule has 0 radical (unpaired) electrons. The van der Waals surface area contributed by atoms with E-state index in [9.17, 15) is 4.79 Å². The van der Waals surface area contributed by atoms with E-state index >= 15 is 0 Å². The number of aromatic amines is 1. The molecule has 1 amide bonds. The summed E-state index contributed by atoms with van der Waals surface area (Å²) in [4.78, 5) is 18.8. The summed E-state index contributed by atoms with van der Waals surface area (Å²) in [6.45, 7) is 2.51. The molecule has 30 heavy (non-hydrogen) atoms. The molecule has 154 valence electrons. The lowest BCUT2D eigenvalue weighted by Gasteiger charge is -2.32. The maximum Gasteiger partial charge on any atom is 0.253 e. The third kappa shape index (κ3) is 4.59. The van der Waals surface area contributed by atoms with E-state index in [-0.39, 0.29) is 5.91 Å². The Hall–Kier alpha value is -3.41. The molecule has 6 heteroatoms. The van der Waals surface area contributed by atoms with Crippen LogP contribution in [0.1, 0.15) is 28.8 Å². The minimum atomic E-state index is 0.137. The average molecular weight is 402 g/mol. The number of carbonyl (C=O) groups is 1. The van der Waals surface area contributed by atoms with Crippen LogP contribution in [0.4, 0.5) is 5.69 Å². The second-order valence-corrected chi connectivity index (χ2v) is 7.66. The van der Waals surface area contributed by atoms with E-state index in [0.29, 0.717) is 5.92 Å². The van der Waals surface area contributed by atoms with Crippen LogP contribution in [0.5, 0.6) is 0 Å². The van der Waals surface area contributed by atoms with Crippen LogP contribution in [0.2, 0.25) is 0 Å². The first-order valence-electron chi connectivity index (χ1n) is 10.4. The zero-order chi connectivity index (χ0) is 20.8. The van der Waals surface area contributed by atoms with Gasteiger partial charge >= 0.3 is 0 Å². The molecule has 2 heterocycles. The van der Waals surface area contributed by atoms with Crippen molar-refractivity contribution in [1.29, 1.82) is 0 Å². The molecule has 0 unspecified atom stereocenters. The van der Waals surface area contributed by atoms with Gasteiger partial charge in [-0.05, 0) is 48.6 Å². The molecule has 3 aromatic rings. The summed E-state index contributed by atoms with van der Waals surface area (Å²) in [5.41, 5.74) is 5.08. The molecule has 4 rings (SSSR count). The Morgan fingerprint density at radius 2 is 2.00 bits per heavy atom. The van der Waals surface area contributed by atoms with Crippen molar-refractivity contribution < 1.29 is 4.79 Å². The highest BCUT2D eigenvalue weighted by atomic mass is 16.2. The second-order valence-electron chi connectivity index (χ2n) is 7.66. The molecule has 1 aliphatic rings. The van der Waals surface area contributed by atoms with E-state index in [0.717, 1.165) is 60.4 Å². The highest BCUT2D eigenvalue weighted by Crippen LogP contribution is 2.25. The Kier molecular flexibility index (Phi) is 6.23. The summed E-state index contributed by atoms with van der Waals surface area (Å²) in [5.74, 6) is 0.683. The first kappa shape index (κ1) is 19.9. The number of amides is 1. The average Bonchev–Trinajstić information content (AvgIpc) is 3.34. The van der Waals surface area contributed by atoms with Crippen LogP contribution in [0, 0.1) is 5.92 Å². The molecule has 1 aliphatic heterocycles. The van der Waals surface area contributed by atoms with Crippen LogP contribution in [0.15, 0.2) is 65.9 Å². The normalized spacial score (nSPS) is 14.9. The van der Waals surface area contributed by atoms with Gasteiger partial charge in [-0.15, -0.1) is 0 Å². The Morgan fingerprint density at radius 3 is 2.70 bits per heavy atom. The molecule has 2 aromatic carbocycles. The third-order valence-electron chi connectivity index (χ3n) is 5.65. The van der Waals surface area contributed by atoms with Crippen molar-refractivity contribution in [2.75, 3.05) is 32.0 Å². The zero-order valence-corrected chi connectivity index (χ0v) is 17.2. The summed E-state index contributed by atoms with van der Waals surface area (Å²) < 4.78 is 0. The van der Waals surface area contributed by atoms with Crippen molar-refractivity contribution in [2.45, 2.75) is 12.8 Å². The van der Waals surface area contributed by atoms with E-state index in [4.69, 9.17) is 0 Å². The van der Waals surface area contributed by atoms with Gasteiger partial charge in [-0.2, -0.15) is 5.10 Å². The van der Waals surface area contributed by atoms with Crippen molar-refractivity contribution in [3.05, 3.63) is 72.1 Å². The number of H-pyrrole nitrogens is 1. The van der Waals surface area contributed by atoms with Crippen molar-refractivity contribution in [2.24, 2.45) is 10.9 Å². The number of hydrogen-bond donors (Lipinski definition) is 2. The SMILES string of the molecule is C/N=C\c1cc(-c2cn[nH]c2)ccc1NCC1CCN(C(=O)c2ccccc2)CC1. The fraction of sp³-hybridized carbons (Fsp3) is 0.292. The summed E-state index contributed by atoms with van der Waals surface area (Å²) in [7, 11) is 1.79. The molecule has 0 saturated carbocycles. The minimum Gasteiger partial charge on any atom is -0.384 e. The first-order chi connectivity index (χ1) is 14.7. The van der Waals surface area contributed by atoms with Gasteiger partial charge in [0.25, 0.3) is 5.91 Å².